The molecule has 6 heteroatoms. The highest BCUT2D eigenvalue weighted by Crippen LogP contribution is 2.31. The van der Waals surface area contributed by atoms with E-state index in [9.17, 15) is 4.79 Å². The summed E-state index contributed by atoms with van der Waals surface area (Å²) in [5.41, 5.74) is 2.25. The van der Waals surface area contributed by atoms with Gasteiger partial charge in [0, 0.05) is 16.8 Å². The molecule has 0 atom stereocenters. The minimum absolute atomic E-state index is 0.00833. The summed E-state index contributed by atoms with van der Waals surface area (Å²) in [6.07, 6.45) is 2.78. The van der Waals surface area contributed by atoms with Crippen molar-refractivity contribution in [2.75, 3.05) is 5.75 Å². The zero-order chi connectivity index (χ0) is 12.4. The first-order valence-electron chi connectivity index (χ1n) is 5.79. The lowest BCUT2D eigenvalue weighted by molar-refractivity contribution is 0.0954. The first kappa shape index (κ1) is 11.8. The van der Waals surface area contributed by atoms with E-state index in [0.717, 1.165) is 22.7 Å². The van der Waals surface area contributed by atoms with Gasteiger partial charge in [0.2, 0.25) is 0 Å². The number of rotatable bonds is 3. The fraction of sp³-hybridized carbons (Fsp3) is 0.333. The number of aromatic amines is 1. The van der Waals surface area contributed by atoms with Crippen LogP contribution in [0.4, 0.5) is 0 Å². The molecule has 0 aliphatic carbocycles. The number of thiophene rings is 1. The van der Waals surface area contributed by atoms with Crippen LogP contribution in [0.1, 0.15) is 25.8 Å². The van der Waals surface area contributed by atoms with Crippen molar-refractivity contribution < 1.29 is 4.79 Å². The molecular formula is C12H13N3OS2. The maximum Gasteiger partial charge on any atom is 0.261 e. The van der Waals surface area contributed by atoms with Crippen LogP contribution in [0.3, 0.4) is 0 Å². The molecule has 0 bridgehead atoms. The zero-order valence-corrected chi connectivity index (χ0v) is 11.4. The number of nitrogens with zero attached hydrogens (tertiary/aromatic N) is 1. The van der Waals surface area contributed by atoms with E-state index in [-0.39, 0.29) is 5.91 Å². The highest BCUT2D eigenvalue weighted by molar-refractivity contribution is 7.98. The van der Waals surface area contributed by atoms with E-state index in [1.807, 2.05) is 23.9 Å². The van der Waals surface area contributed by atoms with Gasteiger partial charge < -0.3 is 5.32 Å². The summed E-state index contributed by atoms with van der Waals surface area (Å²) in [7, 11) is 0. The summed E-state index contributed by atoms with van der Waals surface area (Å²) in [5, 5.41) is 9.58. The number of hydrogen-bond acceptors (Lipinski definition) is 4. The Hall–Kier alpha value is -1.27. The van der Waals surface area contributed by atoms with Gasteiger partial charge in [-0.2, -0.15) is 16.9 Å². The van der Waals surface area contributed by atoms with E-state index < -0.39 is 0 Å². The maximum atomic E-state index is 12.0. The number of thioether (sulfide) groups is 1. The second-order valence-electron chi connectivity index (χ2n) is 4.13. The Kier molecular flexibility index (Phi) is 3.38. The van der Waals surface area contributed by atoms with Crippen molar-refractivity contribution in [2.45, 2.75) is 18.7 Å². The maximum absolute atomic E-state index is 12.0. The fourth-order valence-corrected chi connectivity index (χ4v) is 4.19. The van der Waals surface area contributed by atoms with E-state index in [2.05, 4.69) is 15.5 Å². The van der Waals surface area contributed by atoms with Gasteiger partial charge in [0.15, 0.2) is 0 Å². The third-order valence-corrected chi connectivity index (χ3v) is 5.09. The molecule has 0 unspecified atom stereocenters. The predicted octanol–water partition coefficient (Wildman–Crippen LogP) is 2.19. The minimum atomic E-state index is 0.00833. The number of H-pyrrole nitrogens is 1. The van der Waals surface area contributed by atoms with Gasteiger partial charge in [0.1, 0.15) is 0 Å². The molecule has 1 aliphatic rings. The van der Waals surface area contributed by atoms with Crippen LogP contribution in [0.15, 0.2) is 18.3 Å². The molecule has 0 radical (unpaired) electrons. The molecule has 0 aromatic carbocycles. The molecule has 0 fully saturated rings. The third-order valence-electron chi connectivity index (χ3n) is 2.85. The van der Waals surface area contributed by atoms with Crippen LogP contribution in [0.25, 0.3) is 0 Å². The van der Waals surface area contributed by atoms with Gasteiger partial charge in [-0.25, -0.2) is 0 Å². The molecule has 1 amide bonds. The molecule has 4 nitrogen and oxygen atoms in total. The topological polar surface area (TPSA) is 57.8 Å². The van der Waals surface area contributed by atoms with Crippen molar-refractivity contribution in [1.82, 2.24) is 15.5 Å². The molecule has 3 rings (SSSR count). The number of aryl methyl sites for hydroxylation is 1. The Bertz CT molecular complexity index is 524. The minimum Gasteiger partial charge on any atom is -0.346 e. The van der Waals surface area contributed by atoms with Crippen molar-refractivity contribution in [2.24, 2.45) is 0 Å². The summed E-state index contributed by atoms with van der Waals surface area (Å²) >= 11 is 3.57. The second kappa shape index (κ2) is 5.16. The van der Waals surface area contributed by atoms with E-state index >= 15 is 0 Å². The molecule has 2 aromatic heterocycles. The molecule has 1 aliphatic heterocycles. The highest BCUT2D eigenvalue weighted by Gasteiger charge is 2.17. The zero-order valence-electron chi connectivity index (χ0n) is 9.73. The Balaban J connectivity index is 1.67. The van der Waals surface area contributed by atoms with E-state index in [1.54, 1.807) is 17.5 Å². The summed E-state index contributed by atoms with van der Waals surface area (Å²) in [4.78, 5) is 14.2. The number of nitrogens with one attached hydrogen (secondary N) is 2. The normalized spacial score (nSPS) is 14.2. The van der Waals surface area contributed by atoms with Gasteiger partial charge >= 0.3 is 0 Å². The van der Waals surface area contributed by atoms with E-state index in [0.29, 0.717) is 6.54 Å². The van der Waals surface area contributed by atoms with Gasteiger partial charge in [0.05, 0.1) is 17.1 Å². The number of amides is 1. The Labute approximate surface area is 113 Å². The van der Waals surface area contributed by atoms with Crippen LogP contribution >= 0.6 is 23.1 Å². The second-order valence-corrected chi connectivity index (χ2v) is 6.37. The van der Waals surface area contributed by atoms with Crippen LogP contribution in [0.5, 0.6) is 0 Å². The predicted molar refractivity (Wildman–Crippen MR) is 73.9 cm³/mol. The molecule has 0 saturated carbocycles. The molecule has 94 valence electrons. The quantitative estimate of drug-likeness (QED) is 0.905. The van der Waals surface area contributed by atoms with Gasteiger partial charge in [-0.15, -0.1) is 11.3 Å². The molecule has 0 saturated heterocycles. The summed E-state index contributed by atoms with van der Waals surface area (Å²) in [6.45, 7) is 0.496. The molecule has 0 spiro atoms. The van der Waals surface area contributed by atoms with E-state index in [1.165, 1.54) is 16.2 Å². The lowest BCUT2D eigenvalue weighted by Gasteiger charge is -2.08. The Morgan fingerprint density at radius 3 is 3.28 bits per heavy atom. The first-order chi connectivity index (χ1) is 8.83. The molecular weight excluding hydrogens is 266 g/mol. The molecule has 3 heterocycles. The number of carbonyl (C=O) groups excluding carboxylic acids is 1. The largest absolute Gasteiger partial charge is 0.346 e. The summed E-state index contributed by atoms with van der Waals surface area (Å²) in [6, 6.07) is 3.89. The standard InChI is InChI=1S/C12H13N3OS2/c16-12(13-6-9-1-3-14-15-9)11-5-8-7-17-4-2-10(8)18-11/h1,3,5H,2,4,6-7H2,(H,13,16)(H,14,15). The van der Waals surface area contributed by atoms with Gasteiger partial charge in [-0.1, -0.05) is 0 Å². The van der Waals surface area contributed by atoms with Crippen molar-refractivity contribution in [1.29, 1.82) is 0 Å². The van der Waals surface area contributed by atoms with Crippen LogP contribution in [-0.4, -0.2) is 21.9 Å². The van der Waals surface area contributed by atoms with Crippen molar-refractivity contribution >= 4 is 29.0 Å². The van der Waals surface area contributed by atoms with Gasteiger partial charge in [-0.3, -0.25) is 9.89 Å². The van der Waals surface area contributed by atoms with Crippen LogP contribution in [-0.2, 0) is 18.7 Å². The first-order valence-corrected chi connectivity index (χ1v) is 7.76. The smallest absolute Gasteiger partial charge is 0.261 e. The van der Waals surface area contributed by atoms with Crippen LogP contribution < -0.4 is 5.32 Å². The number of fused-ring (bicyclic) bond motifs is 1. The van der Waals surface area contributed by atoms with E-state index in [4.69, 9.17) is 0 Å². The van der Waals surface area contributed by atoms with Crippen LogP contribution in [0, 0.1) is 0 Å². The number of hydrogen-bond donors (Lipinski definition) is 2. The number of aromatic nitrogens is 2. The van der Waals surface area contributed by atoms with Crippen molar-refractivity contribution in [3.05, 3.63) is 39.3 Å². The van der Waals surface area contributed by atoms with Crippen LogP contribution in [0.2, 0.25) is 0 Å². The molecule has 18 heavy (non-hydrogen) atoms. The summed E-state index contributed by atoms with van der Waals surface area (Å²) < 4.78 is 0. The lowest BCUT2D eigenvalue weighted by atomic mass is 10.2. The van der Waals surface area contributed by atoms with Crippen molar-refractivity contribution in [3.8, 4) is 0 Å². The SMILES string of the molecule is O=C(NCc1ccn[nH]1)c1cc2c(s1)CCSC2. The Morgan fingerprint density at radius 2 is 2.50 bits per heavy atom. The highest BCUT2D eigenvalue weighted by atomic mass is 32.2. The Morgan fingerprint density at radius 1 is 1.56 bits per heavy atom. The molecule has 2 aromatic rings. The number of carbonyl (C=O) groups is 1. The average Bonchev–Trinajstić information content (AvgIpc) is 3.04. The van der Waals surface area contributed by atoms with Gasteiger partial charge in [-0.05, 0) is 29.9 Å². The van der Waals surface area contributed by atoms with Gasteiger partial charge in [0.25, 0.3) is 5.91 Å². The van der Waals surface area contributed by atoms with Crippen molar-refractivity contribution in [3.63, 3.8) is 0 Å². The summed E-state index contributed by atoms with van der Waals surface area (Å²) in [5.74, 6) is 2.22. The fourth-order valence-electron chi connectivity index (χ4n) is 1.90. The lowest BCUT2D eigenvalue weighted by Crippen LogP contribution is -2.21. The average molecular weight is 279 g/mol. The molecule has 2 N–H and O–H groups in total. The monoisotopic (exact) mass is 279 g/mol. The third kappa shape index (κ3) is 2.44.